The van der Waals surface area contributed by atoms with Gasteiger partial charge in [-0.05, 0) is 59.0 Å². The number of carbonyl (C=O) groups is 1. The first-order valence-corrected chi connectivity index (χ1v) is 8.34. The highest BCUT2D eigenvalue weighted by Crippen LogP contribution is 2.36. The van der Waals surface area contributed by atoms with Gasteiger partial charge in [0.05, 0.1) is 11.2 Å². The Morgan fingerprint density at radius 2 is 1.78 bits per heavy atom. The Labute approximate surface area is 140 Å². The van der Waals surface area contributed by atoms with Crippen molar-refractivity contribution >= 4 is 18.5 Å². The zero-order valence-electron chi connectivity index (χ0n) is 15.1. The maximum atomic E-state index is 11.8. The molecule has 0 bridgehead atoms. The molecule has 0 radical (unpaired) electrons. The summed E-state index contributed by atoms with van der Waals surface area (Å²) in [6.07, 6.45) is 1.21. The predicted molar refractivity (Wildman–Crippen MR) is 93.8 cm³/mol. The summed E-state index contributed by atoms with van der Waals surface area (Å²) in [5.74, 6) is 0.0843. The van der Waals surface area contributed by atoms with Crippen LogP contribution in [-0.4, -0.2) is 30.3 Å². The van der Waals surface area contributed by atoms with Crippen LogP contribution in [0, 0.1) is 0 Å². The van der Waals surface area contributed by atoms with Gasteiger partial charge in [0.1, 0.15) is 0 Å². The molecule has 1 aromatic carbocycles. The van der Waals surface area contributed by atoms with Crippen LogP contribution in [-0.2, 0) is 20.5 Å². The number of hydrogen-bond donors (Lipinski definition) is 1. The molecule has 126 valence electrons. The average Bonchev–Trinajstić information content (AvgIpc) is 2.65. The highest BCUT2D eigenvalue weighted by atomic mass is 16.7. The number of nitrogens with one attached hydrogen (secondary N) is 1. The fourth-order valence-electron chi connectivity index (χ4n) is 2.53. The first-order chi connectivity index (χ1) is 10.6. The highest BCUT2D eigenvalue weighted by molar-refractivity contribution is 6.62. The number of carbonyl (C=O) groups excluding carboxylic acids is 1. The molecule has 0 unspecified atom stereocenters. The van der Waals surface area contributed by atoms with Gasteiger partial charge in [0.2, 0.25) is 5.91 Å². The van der Waals surface area contributed by atoms with E-state index in [2.05, 4.69) is 11.4 Å². The molecular weight excluding hydrogens is 289 g/mol. The SMILES string of the molecule is CC(C)NC(=O)CCc1cccc(B2OC(C)(C)C(C)(C)O2)c1. The summed E-state index contributed by atoms with van der Waals surface area (Å²) in [5.41, 5.74) is 1.44. The lowest BCUT2D eigenvalue weighted by Crippen LogP contribution is -2.41. The lowest BCUT2D eigenvalue weighted by molar-refractivity contribution is -0.121. The molecule has 1 amide bonds. The van der Waals surface area contributed by atoms with E-state index in [0.717, 1.165) is 11.0 Å². The third-order valence-electron chi connectivity index (χ3n) is 4.57. The highest BCUT2D eigenvalue weighted by Gasteiger charge is 2.51. The van der Waals surface area contributed by atoms with Crippen LogP contribution in [0.5, 0.6) is 0 Å². The van der Waals surface area contributed by atoms with Crippen molar-refractivity contribution in [3.8, 4) is 0 Å². The lowest BCUT2D eigenvalue weighted by Gasteiger charge is -2.32. The average molecular weight is 317 g/mol. The number of rotatable bonds is 5. The third kappa shape index (κ3) is 4.36. The van der Waals surface area contributed by atoms with Gasteiger partial charge in [0.15, 0.2) is 0 Å². The van der Waals surface area contributed by atoms with Crippen molar-refractivity contribution in [1.82, 2.24) is 5.32 Å². The van der Waals surface area contributed by atoms with E-state index in [-0.39, 0.29) is 30.3 Å². The second-order valence-electron chi connectivity index (χ2n) is 7.56. The van der Waals surface area contributed by atoms with Gasteiger partial charge in [0, 0.05) is 12.5 Å². The van der Waals surface area contributed by atoms with E-state index >= 15 is 0 Å². The molecule has 0 saturated carbocycles. The van der Waals surface area contributed by atoms with Gasteiger partial charge < -0.3 is 14.6 Å². The summed E-state index contributed by atoms with van der Waals surface area (Å²) in [4.78, 5) is 11.8. The molecular formula is C18H28BNO3. The van der Waals surface area contributed by atoms with Crippen molar-refractivity contribution in [1.29, 1.82) is 0 Å². The van der Waals surface area contributed by atoms with Gasteiger partial charge in [0.25, 0.3) is 0 Å². The quantitative estimate of drug-likeness (QED) is 0.849. The largest absolute Gasteiger partial charge is 0.494 e. The Morgan fingerprint density at radius 1 is 1.17 bits per heavy atom. The van der Waals surface area contributed by atoms with Crippen LogP contribution in [0.4, 0.5) is 0 Å². The van der Waals surface area contributed by atoms with Crippen molar-refractivity contribution in [3.63, 3.8) is 0 Å². The van der Waals surface area contributed by atoms with Crippen molar-refractivity contribution in [2.45, 2.75) is 71.6 Å². The van der Waals surface area contributed by atoms with Gasteiger partial charge in [-0.15, -0.1) is 0 Å². The molecule has 0 aromatic heterocycles. The summed E-state index contributed by atoms with van der Waals surface area (Å²) in [6, 6.07) is 8.30. The minimum atomic E-state index is -0.357. The fourth-order valence-corrected chi connectivity index (χ4v) is 2.53. The smallest absolute Gasteiger partial charge is 0.399 e. The standard InChI is InChI=1S/C18H28BNO3/c1-13(2)20-16(21)11-10-14-8-7-9-15(12-14)19-22-17(3,4)18(5,6)23-19/h7-9,12-13H,10-11H2,1-6H3,(H,20,21). The first kappa shape index (κ1) is 18.0. The summed E-state index contributed by atoms with van der Waals surface area (Å²) < 4.78 is 12.2. The van der Waals surface area contributed by atoms with Gasteiger partial charge in [-0.25, -0.2) is 0 Å². The van der Waals surface area contributed by atoms with Gasteiger partial charge >= 0.3 is 7.12 Å². The van der Waals surface area contributed by atoms with Crippen LogP contribution < -0.4 is 10.8 Å². The van der Waals surface area contributed by atoms with Gasteiger partial charge in [-0.1, -0.05) is 24.3 Å². The van der Waals surface area contributed by atoms with Gasteiger partial charge in [-0.2, -0.15) is 0 Å². The lowest BCUT2D eigenvalue weighted by atomic mass is 9.78. The Bertz CT molecular complexity index is 553. The van der Waals surface area contributed by atoms with E-state index in [0.29, 0.717) is 12.8 Å². The summed E-state index contributed by atoms with van der Waals surface area (Å²) in [7, 11) is -0.357. The molecule has 1 saturated heterocycles. The first-order valence-electron chi connectivity index (χ1n) is 8.34. The van der Waals surface area contributed by atoms with Crippen LogP contribution in [0.15, 0.2) is 24.3 Å². The number of hydrogen-bond acceptors (Lipinski definition) is 3. The molecule has 4 nitrogen and oxygen atoms in total. The minimum absolute atomic E-state index is 0.0843. The van der Waals surface area contributed by atoms with E-state index in [1.165, 1.54) is 0 Å². The Hall–Kier alpha value is -1.33. The van der Waals surface area contributed by atoms with Crippen molar-refractivity contribution in [2.24, 2.45) is 0 Å². The zero-order valence-corrected chi connectivity index (χ0v) is 15.1. The molecule has 23 heavy (non-hydrogen) atoms. The second kappa shape index (κ2) is 6.66. The molecule has 1 aromatic rings. The maximum absolute atomic E-state index is 11.8. The normalized spacial score (nSPS) is 19.2. The molecule has 0 aliphatic carbocycles. The summed E-state index contributed by atoms with van der Waals surface area (Å²) >= 11 is 0. The maximum Gasteiger partial charge on any atom is 0.494 e. The molecule has 1 N–H and O–H groups in total. The van der Waals surface area contributed by atoms with Gasteiger partial charge in [-0.3, -0.25) is 4.79 Å². The molecule has 1 fully saturated rings. The minimum Gasteiger partial charge on any atom is -0.399 e. The Morgan fingerprint density at radius 3 is 2.35 bits per heavy atom. The van der Waals surface area contributed by atoms with Crippen LogP contribution in [0.25, 0.3) is 0 Å². The summed E-state index contributed by atoms with van der Waals surface area (Å²) in [6.45, 7) is 12.1. The number of amides is 1. The number of aryl methyl sites for hydroxylation is 1. The van der Waals surface area contributed by atoms with Crippen molar-refractivity contribution in [2.75, 3.05) is 0 Å². The molecule has 1 heterocycles. The number of benzene rings is 1. The monoisotopic (exact) mass is 317 g/mol. The van der Waals surface area contributed by atoms with E-state index in [1.54, 1.807) is 0 Å². The molecule has 0 atom stereocenters. The van der Waals surface area contributed by atoms with Crippen LogP contribution >= 0.6 is 0 Å². The fraction of sp³-hybridized carbons (Fsp3) is 0.611. The Balaban J connectivity index is 2.02. The van der Waals surface area contributed by atoms with Crippen LogP contribution in [0.3, 0.4) is 0 Å². The predicted octanol–water partition coefficient (Wildman–Crippen LogP) is 2.44. The second-order valence-corrected chi connectivity index (χ2v) is 7.56. The zero-order chi connectivity index (χ0) is 17.3. The van der Waals surface area contributed by atoms with E-state index in [4.69, 9.17) is 9.31 Å². The van der Waals surface area contributed by atoms with E-state index < -0.39 is 0 Å². The molecule has 2 rings (SSSR count). The van der Waals surface area contributed by atoms with Crippen molar-refractivity contribution in [3.05, 3.63) is 29.8 Å². The molecule has 1 aliphatic heterocycles. The van der Waals surface area contributed by atoms with E-state index in [9.17, 15) is 4.79 Å². The summed E-state index contributed by atoms with van der Waals surface area (Å²) in [5, 5.41) is 2.92. The van der Waals surface area contributed by atoms with Crippen LogP contribution in [0.1, 0.15) is 53.5 Å². The topological polar surface area (TPSA) is 47.6 Å². The third-order valence-corrected chi connectivity index (χ3v) is 4.57. The Kier molecular flexibility index (Phi) is 5.22. The van der Waals surface area contributed by atoms with Crippen molar-refractivity contribution < 1.29 is 14.1 Å². The van der Waals surface area contributed by atoms with E-state index in [1.807, 2.05) is 59.7 Å². The van der Waals surface area contributed by atoms with Crippen LogP contribution in [0.2, 0.25) is 0 Å². The molecule has 0 spiro atoms. The molecule has 1 aliphatic rings. The molecule has 5 heteroatoms.